The van der Waals surface area contributed by atoms with Gasteiger partial charge in [-0.15, -0.1) is 11.3 Å². The number of nitrogens with one attached hydrogen (secondary N) is 2. The summed E-state index contributed by atoms with van der Waals surface area (Å²) in [6, 6.07) is 17.5. The summed E-state index contributed by atoms with van der Waals surface area (Å²) >= 11 is 1.49. The van der Waals surface area contributed by atoms with Crippen LogP contribution >= 0.6 is 11.3 Å². The third-order valence-corrected chi connectivity index (χ3v) is 7.31. The van der Waals surface area contributed by atoms with Crippen LogP contribution in [-0.4, -0.2) is 27.4 Å². The lowest BCUT2D eigenvalue weighted by molar-refractivity contribution is 0.102. The molecular weight excluding hydrogens is 418 g/mol. The Bertz CT molecular complexity index is 1100. The van der Waals surface area contributed by atoms with Crippen molar-refractivity contribution in [3.05, 3.63) is 76.5 Å². The molecule has 0 spiro atoms. The van der Waals surface area contributed by atoms with Crippen molar-refractivity contribution in [2.45, 2.75) is 24.3 Å². The Labute approximate surface area is 180 Å². The van der Waals surface area contributed by atoms with Gasteiger partial charge in [-0.3, -0.25) is 4.79 Å². The van der Waals surface area contributed by atoms with Crippen molar-refractivity contribution in [2.24, 2.45) is 0 Å². The normalized spacial score (nSPS) is 14.1. The topological polar surface area (TPSA) is 78.5 Å². The van der Waals surface area contributed by atoms with E-state index in [0.717, 1.165) is 29.3 Å². The molecule has 0 atom stereocenters. The van der Waals surface area contributed by atoms with Gasteiger partial charge in [0.2, 0.25) is 10.0 Å². The van der Waals surface area contributed by atoms with Crippen LogP contribution in [0.25, 0.3) is 0 Å². The highest BCUT2D eigenvalue weighted by Crippen LogP contribution is 2.24. The Morgan fingerprint density at radius 1 is 1.00 bits per heavy atom. The van der Waals surface area contributed by atoms with Gasteiger partial charge in [-0.25, -0.2) is 13.1 Å². The van der Waals surface area contributed by atoms with Gasteiger partial charge in [-0.2, -0.15) is 0 Å². The number of thiophene rings is 1. The maximum absolute atomic E-state index is 12.6. The van der Waals surface area contributed by atoms with Gasteiger partial charge in [-0.05, 0) is 66.8 Å². The minimum absolute atomic E-state index is 0.131. The molecule has 0 unspecified atom stereocenters. The summed E-state index contributed by atoms with van der Waals surface area (Å²) < 4.78 is 27.5. The van der Waals surface area contributed by atoms with Crippen molar-refractivity contribution in [2.75, 3.05) is 23.3 Å². The Balaban J connectivity index is 1.41. The monoisotopic (exact) mass is 441 g/mol. The Kier molecular flexibility index (Phi) is 6.17. The zero-order valence-corrected chi connectivity index (χ0v) is 18.0. The Hall–Kier alpha value is -2.68. The second-order valence-corrected chi connectivity index (χ2v) is 9.93. The Morgan fingerprint density at radius 2 is 1.77 bits per heavy atom. The van der Waals surface area contributed by atoms with E-state index in [4.69, 9.17) is 0 Å². The number of hydrogen-bond acceptors (Lipinski definition) is 5. The predicted molar refractivity (Wildman–Crippen MR) is 121 cm³/mol. The van der Waals surface area contributed by atoms with Gasteiger partial charge in [0.1, 0.15) is 0 Å². The number of sulfonamides is 1. The van der Waals surface area contributed by atoms with Gasteiger partial charge in [0, 0.05) is 41.4 Å². The largest absolute Gasteiger partial charge is 0.371 e. The summed E-state index contributed by atoms with van der Waals surface area (Å²) in [5, 5.41) is 4.80. The molecule has 0 radical (unpaired) electrons. The molecule has 2 heterocycles. The molecule has 156 valence electrons. The first-order valence-electron chi connectivity index (χ1n) is 9.80. The third-order valence-electron chi connectivity index (χ3n) is 5.02. The summed E-state index contributed by atoms with van der Waals surface area (Å²) in [4.78, 5) is 16.0. The summed E-state index contributed by atoms with van der Waals surface area (Å²) in [7, 11) is -3.63. The van der Waals surface area contributed by atoms with Gasteiger partial charge in [0.25, 0.3) is 5.91 Å². The maximum Gasteiger partial charge on any atom is 0.255 e. The van der Waals surface area contributed by atoms with E-state index in [1.807, 2.05) is 41.8 Å². The second-order valence-electron chi connectivity index (χ2n) is 7.13. The minimum atomic E-state index is -3.63. The van der Waals surface area contributed by atoms with E-state index in [9.17, 15) is 13.2 Å². The molecule has 0 saturated carbocycles. The van der Waals surface area contributed by atoms with Gasteiger partial charge in [0.05, 0.1) is 4.90 Å². The first kappa shape index (κ1) is 20.6. The standard InChI is InChI=1S/C22H23N3O3S2/c26-22(24-18-5-3-6-19(15-18)25-12-1-2-13-25)17-8-10-21(11-9-17)30(27,28)23-16-20-7-4-14-29-20/h3-11,14-15,23H,1-2,12-13,16H2,(H,24,26). The summed E-state index contributed by atoms with van der Waals surface area (Å²) in [6.45, 7) is 2.32. The van der Waals surface area contributed by atoms with Gasteiger partial charge in [-0.1, -0.05) is 12.1 Å². The molecule has 1 aliphatic heterocycles. The van der Waals surface area contributed by atoms with Gasteiger partial charge in [0.15, 0.2) is 0 Å². The fourth-order valence-electron chi connectivity index (χ4n) is 3.41. The van der Waals surface area contributed by atoms with Crippen LogP contribution in [0.5, 0.6) is 0 Å². The first-order chi connectivity index (χ1) is 14.5. The van der Waals surface area contributed by atoms with E-state index in [-0.39, 0.29) is 17.3 Å². The van der Waals surface area contributed by atoms with E-state index in [1.54, 1.807) is 0 Å². The molecule has 30 heavy (non-hydrogen) atoms. The number of carbonyl (C=O) groups is 1. The van der Waals surface area contributed by atoms with Crippen LogP contribution in [0.1, 0.15) is 28.1 Å². The third kappa shape index (κ3) is 4.89. The molecule has 2 N–H and O–H groups in total. The molecule has 4 rings (SSSR count). The number of nitrogens with zero attached hydrogens (tertiary/aromatic N) is 1. The number of amides is 1. The number of benzene rings is 2. The van der Waals surface area contributed by atoms with Crippen molar-refractivity contribution in [1.29, 1.82) is 0 Å². The van der Waals surface area contributed by atoms with E-state index in [1.165, 1.54) is 48.4 Å². The van der Waals surface area contributed by atoms with Crippen molar-refractivity contribution < 1.29 is 13.2 Å². The first-order valence-corrected chi connectivity index (χ1v) is 12.2. The van der Waals surface area contributed by atoms with E-state index >= 15 is 0 Å². The fraction of sp³-hybridized carbons (Fsp3) is 0.227. The zero-order chi connectivity index (χ0) is 21.0. The van der Waals surface area contributed by atoms with E-state index in [2.05, 4.69) is 14.9 Å². The molecule has 0 bridgehead atoms. The van der Waals surface area contributed by atoms with Crippen LogP contribution in [0.2, 0.25) is 0 Å². The lowest BCUT2D eigenvalue weighted by Gasteiger charge is -2.18. The van der Waals surface area contributed by atoms with Crippen molar-refractivity contribution in [1.82, 2.24) is 4.72 Å². The quantitative estimate of drug-likeness (QED) is 0.579. The number of rotatable bonds is 7. The number of anilines is 2. The molecule has 1 aliphatic rings. The van der Waals surface area contributed by atoms with Crippen molar-refractivity contribution in [3.8, 4) is 0 Å². The summed E-state index contributed by atoms with van der Waals surface area (Å²) in [5.74, 6) is -0.274. The van der Waals surface area contributed by atoms with Crippen LogP contribution in [0, 0.1) is 0 Å². The number of carbonyl (C=O) groups excluding carboxylic acids is 1. The van der Waals surface area contributed by atoms with Crippen LogP contribution in [-0.2, 0) is 16.6 Å². The highest BCUT2D eigenvalue weighted by molar-refractivity contribution is 7.89. The highest BCUT2D eigenvalue weighted by atomic mass is 32.2. The van der Waals surface area contributed by atoms with E-state index < -0.39 is 10.0 Å². The van der Waals surface area contributed by atoms with Crippen LogP contribution in [0.3, 0.4) is 0 Å². The lowest BCUT2D eigenvalue weighted by atomic mass is 10.2. The molecule has 1 amide bonds. The van der Waals surface area contributed by atoms with Crippen molar-refractivity contribution >= 4 is 38.6 Å². The number of hydrogen-bond donors (Lipinski definition) is 2. The van der Waals surface area contributed by atoms with Gasteiger partial charge >= 0.3 is 0 Å². The predicted octanol–water partition coefficient (Wildman–Crippen LogP) is 4.08. The SMILES string of the molecule is O=C(Nc1cccc(N2CCCC2)c1)c1ccc(S(=O)(=O)NCc2cccs2)cc1. The Morgan fingerprint density at radius 3 is 2.47 bits per heavy atom. The molecular formula is C22H23N3O3S2. The molecule has 1 fully saturated rings. The van der Waals surface area contributed by atoms with E-state index in [0.29, 0.717) is 5.56 Å². The molecule has 1 aromatic heterocycles. The summed E-state index contributed by atoms with van der Waals surface area (Å²) in [6.07, 6.45) is 2.38. The second kappa shape index (κ2) is 8.99. The summed E-state index contributed by atoms with van der Waals surface area (Å²) in [5.41, 5.74) is 2.22. The molecule has 0 aliphatic carbocycles. The van der Waals surface area contributed by atoms with Crippen LogP contribution in [0.15, 0.2) is 70.9 Å². The molecule has 6 nitrogen and oxygen atoms in total. The van der Waals surface area contributed by atoms with Crippen LogP contribution in [0.4, 0.5) is 11.4 Å². The average molecular weight is 442 g/mol. The average Bonchev–Trinajstić information content (AvgIpc) is 3.47. The highest BCUT2D eigenvalue weighted by Gasteiger charge is 2.16. The van der Waals surface area contributed by atoms with Gasteiger partial charge < -0.3 is 10.2 Å². The maximum atomic E-state index is 12.6. The smallest absolute Gasteiger partial charge is 0.255 e. The van der Waals surface area contributed by atoms with Crippen LogP contribution < -0.4 is 14.9 Å². The fourth-order valence-corrected chi connectivity index (χ4v) is 5.15. The molecule has 1 saturated heterocycles. The molecule has 8 heteroatoms. The molecule has 3 aromatic rings. The molecule has 2 aromatic carbocycles. The lowest BCUT2D eigenvalue weighted by Crippen LogP contribution is -2.23. The van der Waals surface area contributed by atoms with Crippen molar-refractivity contribution in [3.63, 3.8) is 0 Å². The minimum Gasteiger partial charge on any atom is -0.371 e. The zero-order valence-electron chi connectivity index (χ0n) is 16.4.